The van der Waals surface area contributed by atoms with Crippen LogP contribution in [-0.2, 0) is 6.54 Å². The number of benzene rings is 2. The summed E-state index contributed by atoms with van der Waals surface area (Å²) in [5, 5.41) is 6.91. The number of nitrogens with zero attached hydrogens (tertiary/aromatic N) is 4. The van der Waals surface area contributed by atoms with Crippen LogP contribution in [0.1, 0.15) is 16.1 Å². The molecule has 0 fully saturated rings. The van der Waals surface area contributed by atoms with Crippen LogP contribution in [0.4, 0.5) is 0 Å². The van der Waals surface area contributed by atoms with Gasteiger partial charge in [-0.1, -0.05) is 24.3 Å². The van der Waals surface area contributed by atoms with Crippen molar-refractivity contribution in [2.24, 2.45) is 0 Å². The molecule has 0 spiro atoms. The summed E-state index contributed by atoms with van der Waals surface area (Å²) in [4.78, 5) is 20.7. The Morgan fingerprint density at radius 1 is 1.12 bits per heavy atom. The van der Waals surface area contributed by atoms with Gasteiger partial charge in [0.2, 0.25) is 5.89 Å². The van der Waals surface area contributed by atoms with E-state index >= 15 is 0 Å². The third kappa shape index (κ3) is 3.36. The number of carbonyl (C=O) groups is 1. The van der Waals surface area contributed by atoms with Crippen LogP contribution in [0.2, 0.25) is 0 Å². The van der Waals surface area contributed by atoms with Crippen molar-refractivity contribution in [3.05, 3.63) is 84.8 Å². The van der Waals surface area contributed by atoms with Gasteiger partial charge < -0.3 is 9.73 Å². The standard InChI is InChI=1S/C19H15N5O2/c25-18(15-7-4-8-17(9-15)24-13-20-12-22-24)21-10-16-11-26-19(23-16)14-5-2-1-3-6-14/h1-9,11-13H,10H2,(H,21,25). The molecule has 7 heteroatoms. The van der Waals surface area contributed by atoms with E-state index in [-0.39, 0.29) is 12.5 Å². The second-order valence-corrected chi connectivity index (χ2v) is 5.58. The molecule has 0 aliphatic carbocycles. The van der Waals surface area contributed by atoms with Crippen LogP contribution >= 0.6 is 0 Å². The minimum atomic E-state index is -0.198. The fraction of sp³-hybridized carbons (Fsp3) is 0.0526. The predicted octanol–water partition coefficient (Wildman–Crippen LogP) is 2.85. The molecule has 0 atom stereocenters. The number of nitrogens with one attached hydrogen (secondary N) is 1. The molecule has 0 bridgehead atoms. The molecule has 0 saturated carbocycles. The Morgan fingerprint density at radius 3 is 2.81 bits per heavy atom. The molecule has 2 heterocycles. The topological polar surface area (TPSA) is 85.8 Å². The highest BCUT2D eigenvalue weighted by atomic mass is 16.3. The maximum Gasteiger partial charge on any atom is 0.251 e. The Morgan fingerprint density at radius 2 is 2.00 bits per heavy atom. The van der Waals surface area contributed by atoms with Crippen LogP contribution in [0.25, 0.3) is 17.1 Å². The van der Waals surface area contributed by atoms with Gasteiger partial charge in [0.05, 0.1) is 17.9 Å². The lowest BCUT2D eigenvalue weighted by Gasteiger charge is -2.05. The summed E-state index contributed by atoms with van der Waals surface area (Å²) < 4.78 is 7.07. The highest BCUT2D eigenvalue weighted by Gasteiger charge is 2.10. The van der Waals surface area contributed by atoms with Crippen LogP contribution in [0.15, 0.2) is 77.9 Å². The average molecular weight is 345 g/mol. The van der Waals surface area contributed by atoms with E-state index in [9.17, 15) is 4.79 Å². The van der Waals surface area contributed by atoms with Gasteiger partial charge in [0.1, 0.15) is 18.9 Å². The summed E-state index contributed by atoms with van der Waals surface area (Å²) in [6.45, 7) is 0.280. The van der Waals surface area contributed by atoms with Crippen molar-refractivity contribution in [3.8, 4) is 17.1 Å². The molecule has 0 saturated heterocycles. The Bertz CT molecular complexity index is 1010. The number of rotatable bonds is 5. The largest absolute Gasteiger partial charge is 0.444 e. The van der Waals surface area contributed by atoms with Crippen molar-refractivity contribution in [1.82, 2.24) is 25.1 Å². The summed E-state index contributed by atoms with van der Waals surface area (Å²) in [7, 11) is 0. The zero-order valence-corrected chi connectivity index (χ0v) is 13.7. The molecular formula is C19H15N5O2. The maximum absolute atomic E-state index is 12.4. The SMILES string of the molecule is O=C(NCc1coc(-c2ccccc2)n1)c1cccc(-n2cncn2)c1. The average Bonchev–Trinajstić information content (AvgIpc) is 3.39. The number of hydrogen-bond acceptors (Lipinski definition) is 5. The van der Waals surface area contributed by atoms with Crippen LogP contribution in [0.5, 0.6) is 0 Å². The van der Waals surface area contributed by atoms with Crippen molar-refractivity contribution in [2.45, 2.75) is 6.54 Å². The third-order valence-electron chi connectivity index (χ3n) is 3.79. The van der Waals surface area contributed by atoms with Gasteiger partial charge in [0.15, 0.2) is 0 Å². The molecule has 2 aromatic carbocycles. The van der Waals surface area contributed by atoms with Crippen LogP contribution in [-0.4, -0.2) is 25.7 Å². The lowest BCUT2D eigenvalue weighted by molar-refractivity contribution is 0.0950. The summed E-state index contributed by atoms with van der Waals surface area (Å²) >= 11 is 0. The third-order valence-corrected chi connectivity index (χ3v) is 3.79. The van der Waals surface area contributed by atoms with Crippen molar-refractivity contribution >= 4 is 5.91 Å². The second-order valence-electron chi connectivity index (χ2n) is 5.58. The van der Waals surface area contributed by atoms with Gasteiger partial charge in [-0.15, -0.1) is 0 Å². The highest BCUT2D eigenvalue weighted by Crippen LogP contribution is 2.18. The molecule has 2 aromatic heterocycles. The van der Waals surface area contributed by atoms with Gasteiger partial charge in [-0.3, -0.25) is 4.79 Å². The van der Waals surface area contributed by atoms with Gasteiger partial charge in [0, 0.05) is 11.1 Å². The fourth-order valence-electron chi connectivity index (χ4n) is 2.51. The van der Waals surface area contributed by atoms with E-state index < -0.39 is 0 Å². The molecule has 0 unspecified atom stereocenters. The van der Waals surface area contributed by atoms with Crippen molar-refractivity contribution in [1.29, 1.82) is 0 Å². The summed E-state index contributed by atoms with van der Waals surface area (Å²) in [5.41, 5.74) is 2.85. The summed E-state index contributed by atoms with van der Waals surface area (Å²) in [6, 6.07) is 16.8. The first-order valence-corrected chi connectivity index (χ1v) is 8.03. The minimum absolute atomic E-state index is 0.198. The summed E-state index contributed by atoms with van der Waals surface area (Å²) in [6.07, 6.45) is 4.58. The molecule has 128 valence electrons. The quantitative estimate of drug-likeness (QED) is 0.601. The molecule has 1 amide bonds. The minimum Gasteiger partial charge on any atom is -0.444 e. The predicted molar refractivity (Wildman–Crippen MR) is 94.5 cm³/mol. The normalized spacial score (nSPS) is 10.6. The van der Waals surface area contributed by atoms with Gasteiger partial charge >= 0.3 is 0 Å². The van der Waals surface area contributed by atoms with E-state index in [0.29, 0.717) is 17.1 Å². The first-order chi connectivity index (χ1) is 12.8. The number of carbonyl (C=O) groups excluding carboxylic acids is 1. The van der Waals surface area contributed by atoms with Gasteiger partial charge in [-0.05, 0) is 30.3 Å². The molecule has 0 aliphatic heterocycles. The van der Waals surface area contributed by atoms with E-state index in [4.69, 9.17) is 4.42 Å². The second kappa shape index (κ2) is 7.02. The van der Waals surface area contributed by atoms with Gasteiger partial charge in [0.25, 0.3) is 5.91 Å². The van der Waals surface area contributed by atoms with E-state index in [1.54, 1.807) is 35.5 Å². The number of hydrogen-bond donors (Lipinski definition) is 1. The Balaban J connectivity index is 1.43. The molecule has 7 nitrogen and oxygen atoms in total. The summed E-state index contributed by atoms with van der Waals surface area (Å²) in [5.74, 6) is 0.333. The van der Waals surface area contributed by atoms with E-state index in [1.807, 2.05) is 36.4 Å². The lowest BCUT2D eigenvalue weighted by Crippen LogP contribution is -2.23. The maximum atomic E-state index is 12.4. The molecule has 4 aromatic rings. The Kier molecular flexibility index (Phi) is 4.26. The van der Waals surface area contributed by atoms with Crippen molar-refractivity contribution in [2.75, 3.05) is 0 Å². The number of aromatic nitrogens is 4. The Labute approximate surface area is 149 Å². The fourth-order valence-corrected chi connectivity index (χ4v) is 2.51. The molecule has 4 rings (SSSR count). The lowest BCUT2D eigenvalue weighted by atomic mass is 10.2. The van der Waals surface area contributed by atoms with E-state index in [2.05, 4.69) is 20.4 Å². The highest BCUT2D eigenvalue weighted by molar-refractivity contribution is 5.94. The number of amides is 1. The molecular weight excluding hydrogens is 330 g/mol. The molecule has 0 aliphatic rings. The van der Waals surface area contributed by atoms with Crippen molar-refractivity contribution < 1.29 is 9.21 Å². The zero-order chi connectivity index (χ0) is 17.8. The van der Waals surface area contributed by atoms with Crippen LogP contribution < -0.4 is 5.32 Å². The smallest absolute Gasteiger partial charge is 0.251 e. The van der Waals surface area contributed by atoms with Crippen LogP contribution in [0.3, 0.4) is 0 Å². The number of oxazole rings is 1. The van der Waals surface area contributed by atoms with E-state index in [1.165, 1.54) is 6.33 Å². The monoisotopic (exact) mass is 345 g/mol. The first-order valence-electron chi connectivity index (χ1n) is 8.03. The molecule has 26 heavy (non-hydrogen) atoms. The van der Waals surface area contributed by atoms with Crippen LogP contribution in [0, 0.1) is 0 Å². The zero-order valence-electron chi connectivity index (χ0n) is 13.7. The molecule has 0 radical (unpaired) electrons. The first kappa shape index (κ1) is 15.8. The van der Waals surface area contributed by atoms with E-state index in [0.717, 1.165) is 11.3 Å². The molecule has 1 N–H and O–H groups in total. The van der Waals surface area contributed by atoms with Gasteiger partial charge in [-0.2, -0.15) is 5.10 Å². The van der Waals surface area contributed by atoms with Crippen molar-refractivity contribution in [3.63, 3.8) is 0 Å². The Hall–Kier alpha value is -3.74. The van der Waals surface area contributed by atoms with Gasteiger partial charge in [-0.25, -0.2) is 14.6 Å².